The summed E-state index contributed by atoms with van der Waals surface area (Å²) < 4.78 is 21.7. The van der Waals surface area contributed by atoms with E-state index in [2.05, 4.69) is 20.3 Å². The average Bonchev–Trinajstić information content (AvgIpc) is 2.84. The van der Waals surface area contributed by atoms with Crippen LogP contribution in [0.3, 0.4) is 0 Å². The number of halogens is 1. The van der Waals surface area contributed by atoms with Crippen LogP contribution in [0.2, 0.25) is 0 Å². The molecule has 0 spiro atoms. The highest BCUT2D eigenvalue weighted by Gasteiger charge is 2.24. The molecule has 0 saturated carbocycles. The number of imidazole rings is 1. The molecule has 132 valence electrons. The van der Waals surface area contributed by atoms with Crippen LogP contribution in [0.5, 0.6) is 5.75 Å². The molecule has 1 aliphatic heterocycles. The van der Waals surface area contributed by atoms with Gasteiger partial charge in [-0.2, -0.15) is 5.26 Å². The van der Waals surface area contributed by atoms with E-state index < -0.39 is 5.82 Å². The van der Waals surface area contributed by atoms with Crippen LogP contribution in [0.25, 0.3) is 11.0 Å². The molecular formula is C17H16FN7O. The minimum Gasteiger partial charge on any atom is -0.488 e. The standard InChI is InChI=1S/C17H16FN7O/c1-9(23-16-10(7-19)15(20)21-8-22-16)17-24-12-4-3-11(18)14-13(12)25(17)5-2-6-26-14/h3-4,8-9H,2,5-6H2,1H3,(H3,20,21,22,23)/t9-/m0/s1. The van der Waals surface area contributed by atoms with E-state index in [0.29, 0.717) is 35.8 Å². The third-order valence-electron chi connectivity index (χ3n) is 4.34. The number of hydrogen-bond donors (Lipinski definition) is 2. The van der Waals surface area contributed by atoms with Gasteiger partial charge in [0.15, 0.2) is 11.6 Å². The fourth-order valence-corrected chi connectivity index (χ4v) is 3.17. The second-order valence-corrected chi connectivity index (χ2v) is 6.03. The van der Waals surface area contributed by atoms with Gasteiger partial charge in [0.1, 0.15) is 40.9 Å². The molecule has 1 atom stereocenters. The first kappa shape index (κ1) is 16.1. The van der Waals surface area contributed by atoms with Crippen LogP contribution in [0.4, 0.5) is 16.0 Å². The Labute approximate surface area is 148 Å². The summed E-state index contributed by atoms with van der Waals surface area (Å²) in [7, 11) is 0. The van der Waals surface area contributed by atoms with Gasteiger partial charge in [-0.3, -0.25) is 0 Å². The number of nitrogens with two attached hydrogens (primary N) is 1. The number of nitrogens with zero attached hydrogens (tertiary/aromatic N) is 5. The summed E-state index contributed by atoms with van der Waals surface area (Å²) in [5, 5.41) is 12.4. The van der Waals surface area contributed by atoms with Crippen molar-refractivity contribution in [3.63, 3.8) is 0 Å². The highest BCUT2D eigenvalue weighted by Crippen LogP contribution is 2.34. The van der Waals surface area contributed by atoms with E-state index in [1.807, 2.05) is 17.6 Å². The van der Waals surface area contributed by atoms with Crippen LogP contribution in [0.15, 0.2) is 18.5 Å². The maximum atomic E-state index is 14.2. The SMILES string of the molecule is C[C@H](Nc1ncnc(N)c1C#N)c1nc2ccc(F)c3c2n1CCCO3. The van der Waals surface area contributed by atoms with E-state index in [0.717, 1.165) is 6.42 Å². The Hall–Kier alpha value is -3.41. The zero-order valence-corrected chi connectivity index (χ0v) is 14.0. The van der Waals surface area contributed by atoms with Crippen molar-refractivity contribution in [1.82, 2.24) is 19.5 Å². The molecule has 3 N–H and O–H groups in total. The van der Waals surface area contributed by atoms with Gasteiger partial charge in [0.05, 0.1) is 18.2 Å². The van der Waals surface area contributed by atoms with Gasteiger partial charge in [-0.1, -0.05) is 0 Å². The lowest BCUT2D eigenvalue weighted by atomic mass is 10.2. The summed E-state index contributed by atoms with van der Waals surface area (Å²) in [6, 6.07) is 4.71. The summed E-state index contributed by atoms with van der Waals surface area (Å²) in [6.07, 6.45) is 2.03. The van der Waals surface area contributed by atoms with Crippen molar-refractivity contribution >= 4 is 22.7 Å². The van der Waals surface area contributed by atoms with Crippen LogP contribution in [0.1, 0.15) is 30.8 Å². The molecule has 3 aromatic rings. The number of ether oxygens (including phenoxy) is 1. The Morgan fingerprint density at radius 1 is 1.42 bits per heavy atom. The largest absolute Gasteiger partial charge is 0.488 e. The Morgan fingerprint density at radius 2 is 2.27 bits per heavy atom. The molecule has 0 fully saturated rings. The van der Waals surface area contributed by atoms with Crippen molar-refractivity contribution < 1.29 is 9.13 Å². The van der Waals surface area contributed by atoms with Crippen molar-refractivity contribution in [1.29, 1.82) is 5.26 Å². The number of aryl methyl sites for hydroxylation is 1. The molecule has 8 nitrogen and oxygen atoms in total. The lowest BCUT2D eigenvalue weighted by Crippen LogP contribution is -2.16. The number of hydrogen-bond acceptors (Lipinski definition) is 7. The first-order chi connectivity index (χ1) is 12.6. The molecular weight excluding hydrogens is 337 g/mol. The highest BCUT2D eigenvalue weighted by atomic mass is 19.1. The summed E-state index contributed by atoms with van der Waals surface area (Å²) in [6.45, 7) is 3.00. The first-order valence-corrected chi connectivity index (χ1v) is 8.18. The molecule has 0 radical (unpaired) electrons. The Kier molecular flexibility index (Phi) is 3.80. The van der Waals surface area contributed by atoms with E-state index in [1.54, 1.807) is 6.07 Å². The molecule has 9 heteroatoms. The molecule has 4 rings (SSSR count). The molecule has 26 heavy (non-hydrogen) atoms. The summed E-state index contributed by atoms with van der Waals surface area (Å²) in [5.74, 6) is 0.987. The Balaban J connectivity index is 1.79. The third kappa shape index (κ3) is 2.47. The number of nitrogens with one attached hydrogen (secondary N) is 1. The summed E-state index contributed by atoms with van der Waals surface area (Å²) in [5.41, 5.74) is 7.23. The number of anilines is 2. The van der Waals surface area contributed by atoms with E-state index >= 15 is 0 Å². The quantitative estimate of drug-likeness (QED) is 0.743. The van der Waals surface area contributed by atoms with Crippen molar-refractivity contribution in [3.05, 3.63) is 35.7 Å². The van der Waals surface area contributed by atoms with E-state index in [4.69, 9.17) is 10.5 Å². The normalized spacial score (nSPS) is 14.3. The van der Waals surface area contributed by atoms with Crippen LogP contribution >= 0.6 is 0 Å². The fourth-order valence-electron chi connectivity index (χ4n) is 3.17. The Morgan fingerprint density at radius 3 is 3.08 bits per heavy atom. The number of benzene rings is 1. The van der Waals surface area contributed by atoms with Gasteiger partial charge in [-0.05, 0) is 25.5 Å². The maximum absolute atomic E-state index is 14.2. The zero-order valence-electron chi connectivity index (χ0n) is 14.0. The van der Waals surface area contributed by atoms with Crippen LogP contribution in [-0.2, 0) is 6.54 Å². The smallest absolute Gasteiger partial charge is 0.180 e. The Bertz CT molecular complexity index is 1040. The number of aromatic nitrogens is 4. The number of nitrogen functional groups attached to an aromatic ring is 1. The number of rotatable bonds is 3. The fraction of sp³-hybridized carbons (Fsp3) is 0.294. The molecule has 1 aliphatic rings. The second-order valence-electron chi connectivity index (χ2n) is 6.03. The molecule has 0 unspecified atom stereocenters. The lowest BCUT2D eigenvalue weighted by molar-refractivity contribution is 0.301. The molecule has 0 saturated heterocycles. The monoisotopic (exact) mass is 353 g/mol. The van der Waals surface area contributed by atoms with E-state index in [-0.39, 0.29) is 23.2 Å². The van der Waals surface area contributed by atoms with Crippen LogP contribution in [-0.4, -0.2) is 26.1 Å². The molecule has 1 aromatic carbocycles. The lowest BCUT2D eigenvalue weighted by Gasteiger charge is -2.17. The van der Waals surface area contributed by atoms with Gasteiger partial charge in [0.2, 0.25) is 0 Å². The zero-order chi connectivity index (χ0) is 18.3. The van der Waals surface area contributed by atoms with Gasteiger partial charge in [-0.15, -0.1) is 0 Å². The van der Waals surface area contributed by atoms with Gasteiger partial charge >= 0.3 is 0 Å². The summed E-state index contributed by atoms with van der Waals surface area (Å²) in [4.78, 5) is 12.6. The molecule has 2 aromatic heterocycles. The topological polar surface area (TPSA) is 115 Å². The van der Waals surface area contributed by atoms with Crippen molar-refractivity contribution in [2.24, 2.45) is 0 Å². The van der Waals surface area contributed by atoms with Crippen LogP contribution < -0.4 is 15.8 Å². The van der Waals surface area contributed by atoms with Crippen molar-refractivity contribution in [2.75, 3.05) is 17.7 Å². The predicted octanol–water partition coefficient (Wildman–Crippen LogP) is 2.37. The molecule has 3 heterocycles. The summed E-state index contributed by atoms with van der Waals surface area (Å²) >= 11 is 0. The second kappa shape index (κ2) is 6.15. The van der Waals surface area contributed by atoms with E-state index in [9.17, 15) is 9.65 Å². The number of nitriles is 1. The van der Waals surface area contributed by atoms with Gasteiger partial charge in [-0.25, -0.2) is 19.3 Å². The molecule has 0 amide bonds. The molecule has 0 aliphatic carbocycles. The van der Waals surface area contributed by atoms with Gasteiger partial charge < -0.3 is 20.4 Å². The maximum Gasteiger partial charge on any atom is 0.180 e. The predicted molar refractivity (Wildman–Crippen MR) is 93.0 cm³/mol. The van der Waals surface area contributed by atoms with Gasteiger partial charge in [0.25, 0.3) is 0 Å². The minimum absolute atomic E-state index is 0.112. The van der Waals surface area contributed by atoms with Crippen molar-refractivity contribution in [2.45, 2.75) is 25.9 Å². The first-order valence-electron chi connectivity index (χ1n) is 8.18. The minimum atomic E-state index is -0.400. The van der Waals surface area contributed by atoms with Crippen LogP contribution in [0, 0.1) is 17.1 Å². The average molecular weight is 353 g/mol. The third-order valence-corrected chi connectivity index (χ3v) is 4.34. The van der Waals surface area contributed by atoms with E-state index in [1.165, 1.54) is 12.4 Å². The van der Waals surface area contributed by atoms with Crippen molar-refractivity contribution in [3.8, 4) is 11.8 Å². The molecule has 0 bridgehead atoms. The highest BCUT2D eigenvalue weighted by molar-refractivity contribution is 5.83. The van der Waals surface area contributed by atoms with Gasteiger partial charge in [0, 0.05) is 6.54 Å².